The molecule has 1 aliphatic carbocycles. The zero-order chi connectivity index (χ0) is 17.7. The summed E-state index contributed by atoms with van der Waals surface area (Å²) in [6.45, 7) is 0. The molecule has 0 aliphatic heterocycles. The molecule has 0 aromatic heterocycles. The molecule has 0 unspecified atom stereocenters. The van der Waals surface area contributed by atoms with Crippen molar-refractivity contribution >= 4 is 21.6 Å². The van der Waals surface area contributed by atoms with E-state index in [4.69, 9.17) is 4.74 Å². The first-order valence-corrected chi connectivity index (χ1v) is 9.69. The standard InChI is InChI=1S/C17H26N2O4S/c1-19(2)24(21,22)16-12-14(9-10-15(16)23-3)18-17(20)11-8-13-6-4-5-7-13/h9-10,12-13H,4-8,11H2,1-3H3,(H,18,20). The van der Waals surface area contributed by atoms with Crippen LogP contribution in [0.4, 0.5) is 5.69 Å². The molecule has 24 heavy (non-hydrogen) atoms. The summed E-state index contributed by atoms with van der Waals surface area (Å²) in [5.41, 5.74) is 0.465. The zero-order valence-corrected chi connectivity index (χ0v) is 15.4. The highest BCUT2D eigenvalue weighted by molar-refractivity contribution is 7.89. The summed E-state index contributed by atoms with van der Waals surface area (Å²) >= 11 is 0. The van der Waals surface area contributed by atoms with Crippen LogP contribution in [-0.2, 0) is 14.8 Å². The fourth-order valence-electron chi connectivity index (χ4n) is 3.01. The number of nitrogens with zero attached hydrogens (tertiary/aromatic N) is 1. The van der Waals surface area contributed by atoms with Gasteiger partial charge in [0.05, 0.1) is 7.11 Å². The number of sulfonamides is 1. The second-order valence-corrected chi connectivity index (χ2v) is 8.51. The van der Waals surface area contributed by atoms with E-state index in [1.807, 2.05) is 0 Å². The number of amides is 1. The molecule has 134 valence electrons. The zero-order valence-electron chi connectivity index (χ0n) is 14.5. The van der Waals surface area contributed by atoms with Gasteiger partial charge in [-0.25, -0.2) is 12.7 Å². The predicted molar refractivity (Wildman–Crippen MR) is 93.7 cm³/mol. The van der Waals surface area contributed by atoms with Gasteiger partial charge in [-0.05, 0) is 30.5 Å². The smallest absolute Gasteiger partial charge is 0.246 e. The van der Waals surface area contributed by atoms with Crippen molar-refractivity contribution < 1.29 is 17.9 Å². The second-order valence-electron chi connectivity index (χ2n) is 6.39. The van der Waals surface area contributed by atoms with Gasteiger partial charge in [0.15, 0.2) is 0 Å². The molecule has 0 heterocycles. The molecule has 1 amide bonds. The molecule has 1 aromatic rings. The summed E-state index contributed by atoms with van der Waals surface area (Å²) in [7, 11) is 0.694. The first kappa shape index (κ1) is 18.7. The molecule has 0 bridgehead atoms. The van der Waals surface area contributed by atoms with Crippen LogP contribution >= 0.6 is 0 Å². The Balaban J connectivity index is 2.09. The Labute approximate surface area is 144 Å². The van der Waals surface area contributed by atoms with Crippen LogP contribution in [-0.4, -0.2) is 39.8 Å². The predicted octanol–water partition coefficient (Wildman–Crippen LogP) is 2.85. The van der Waals surface area contributed by atoms with Crippen molar-refractivity contribution in [2.24, 2.45) is 5.92 Å². The van der Waals surface area contributed by atoms with Crippen molar-refractivity contribution in [1.29, 1.82) is 0 Å². The third kappa shape index (κ3) is 4.48. The first-order chi connectivity index (χ1) is 11.3. The molecule has 0 saturated heterocycles. The maximum Gasteiger partial charge on any atom is 0.246 e. The average molecular weight is 354 g/mol. The Morgan fingerprint density at radius 3 is 2.54 bits per heavy atom. The number of hydrogen-bond acceptors (Lipinski definition) is 4. The highest BCUT2D eigenvalue weighted by Gasteiger charge is 2.23. The van der Waals surface area contributed by atoms with Gasteiger partial charge in [0.2, 0.25) is 15.9 Å². The van der Waals surface area contributed by atoms with Crippen LogP contribution in [0, 0.1) is 5.92 Å². The summed E-state index contributed by atoms with van der Waals surface area (Å²) in [6.07, 6.45) is 6.30. The summed E-state index contributed by atoms with van der Waals surface area (Å²) in [6, 6.07) is 4.66. The van der Waals surface area contributed by atoms with Gasteiger partial charge >= 0.3 is 0 Å². The molecule has 6 nitrogen and oxygen atoms in total. The molecular formula is C17H26N2O4S. The minimum Gasteiger partial charge on any atom is -0.495 e. The number of hydrogen-bond donors (Lipinski definition) is 1. The number of benzene rings is 1. The molecule has 7 heteroatoms. The number of methoxy groups -OCH3 is 1. The lowest BCUT2D eigenvalue weighted by Crippen LogP contribution is -2.23. The van der Waals surface area contributed by atoms with E-state index >= 15 is 0 Å². The monoisotopic (exact) mass is 354 g/mol. The van der Waals surface area contributed by atoms with Crippen LogP contribution in [0.1, 0.15) is 38.5 Å². The fraction of sp³-hybridized carbons (Fsp3) is 0.588. The molecule has 0 radical (unpaired) electrons. The van der Waals surface area contributed by atoms with Crippen LogP contribution in [0.2, 0.25) is 0 Å². The van der Waals surface area contributed by atoms with Crippen molar-refractivity contribution in [2.45, 2.75) is 43.4 Å². The molecule has 0 atom stereocenters. The van der Waals surface area contributed by atoms with Gasteiger partial charge in [-0.1, -0.05) is 25.7 Å². The van der Waals surface area contributed by atoms with E-state index in [0.29, 0.717) is 18.0 Å². The van der Waals surface area contributed by atoms with Gasteiger partial charge in [-0.2, -0.15) is 0 Å². The molecule has 1 aromatic carbocycles. The quantitative estimate of drug-likeness (QED) is 0.817. The summed E-state index contributed by atoms with van der Waals surface area (Å²) < 4.78 is 31.0. The fourth-order valence-corrected chi connectivity index (χ4v) is 4.09. The van der Waals surface area contributed by atoms with E-state index in [0.717, 1.165) is 10.7 Å². The maximum absolute atomic E-state index is 12.4. The van der Waals surface area contributed by atoms with Crippen LogP contribution in [0.5, 0.6) is 5.75 Å². The topological polar surface area (TPSA) is 75.7 Å². The third-order valence-electron chi connectivity index (χ3n) is 4.46. The Kier molecular flexibility index (Phi) is 6.23. The van der Waals surface area contributed by atoms with Crippen molar-refractivity contribution in [2.75, 3.05) is 26.5 Å². The van der Waals surface area contributed by atoms with Crippen LogP contribution in [0.15, 0.2) is 23.1 Å². The Morgan fingerprint density at radius 1 is 1.29 bits per heavy atom. The number of carbonyl (C=O) groups is 1. The van der Waals surface area contributed by atoms with Gasteiger partial charge in [0, 0.05) is 26.2 Å². The summed E-state index contributed by atoms with van der Waals surface area (Å²) in [5.74, 6) is 0.823. The minimum atomic E-state index is -3.65. The van der Waals surface area contributed by atoms with Crippen LogP contribution < -0.4 is 10.1 Å². The van der Waals surface area contributed by atoms with E-state index in [1.165, 1.54) is 53.0 Å². The van der Waals surface area contributed by atoms with Crippen molar-refractivity contribution in [3.05, 3.63) is 18.2 Å². The lowest BCUT2D eigenvalue weighted by molar-refractivity contribution is -0.116. The lowest BCUT2D eigenvalue weighted by Gasteiger charge is -2.16. The van der Waals surface area contributed by atoms with Gasteiger partial charge in [-0.15, -0.1) is 0 Å². The molecule has 1 N–H and O–H groups in total. The van der Waals surface area contributed by atoms with Crippen molar-refractivity contribution in [1.82, 2.24) is 4.31 Å². The van der Waals surface area contributed by atoms with Crippen molar-refractivity contribution in [3.8, 4) is 5.75 Å². The average Bonchev–Trinajstić information content (AvgIpc) is 3.06. The number of nitrogens with one attached hydrogen (secondary N) is 1. The van der Waals surface area contributed by atoms with E-state index in [9.17, 15) is 13.2 Å². The maximum atomic E-state index is 12.4. The molecule has 1 fully saturated rings. The molecule has 0 spiro atoms. The highest BCUT2D eigenvalue weighted by atomic mass is 32.2. The van der Waals surface area contributed by atoms with E-state index in [1.54, 1.807) is 12.1 Å². The third-order valence-corrected chi connectivity index (χ3v) is 6.30. The van der Waals surface area contributed by atoms with Gasteiger partial charge in [-0.3, -0.25) is 4.79 Å². The number of anilines is 1. The largest absolute Gasteiger partial charge is 0.495 e. The van der Waals surface area contributed by atoms with Crippen molar-refractivity contribution in [3.63, 3.8) is 0 Å². The first-order valence-electron chi connectivity index (χ1n) is 8.25. The summed E-state index contributed by atoms with van der Waals surface area (Å²) in [4.78, 5) is 12.2. The number of rotatable bonds is 7. The van der Waals surface area contributed by atoms with E-state index in [2.05, 4.69) is 5.32 Å². The Morgan fingerprint density at radius 2 is 1.96 bits per heavy atom. The minimum absolute atomic E-state index is 0.0450. The van der Waals surface area contributed by atoms with Gasteiger partial charge in [0.25, 0.3) is 0 Å². The number of carbonyl (C=O) groups excluding carboxylic acids is 1. The van der Waals surface area contributed by atoms with E-state index in [-0.39, 0.29) is 16.6 Å². The summed E-state index contributed by atoms with van der Waals surface area (Å²) in [5, 5.41) is 2.79. The molecule has 1 saturated carbocycles. The molecular weight excluding hydrogens is 328 g/mol. The second kappa shape index (κ2) is 7.98. The van der Waals surface area contributed by atoms with Gasteiger partial charge in [0.1, 0.15) is 10.6 Å². The Bertz CT molecular complexity index is 680. The molecule has 2 rings (SSSR count). The SMILES string of the molecule is COc1ccc(NC(=O)CCC2CCCC2)cc1S(=O)(=O)N(C)C. The lowest BCUT2D eigenvalue weighted by atomic mass is 10.0. The molecule has 1 aliphatic rings. The van der Waals surface area contributed by atoms with E-state index < -0.39 is 10.0 Å². The van der Waals surface area contributed by atoms with Crippen LogP contribution in [0.3, 0.4) is 0 Å². The normalized spacial score (nSPS) is 15.7. The Hall–Kier alpha value is -1.60. The van der Waals surface area contributed by atoms with Crippen LogP contribution in [0.25, 0.3) is 0 Å². The van der Waals surface area contributed by atoms with Gasteiger partial charge < -0.3 is 10.1 Å². The number of ether oxygens (including phenoxy) is 1. The highest BCUT2D eigenvalue weighted by Crippen LogP contribution is 2.30.